The van der Waals surface area contributed by atoms with E-state index in [4.69, 9.17) is 13.9 Å². The van der Waals surface area contributed by atoms with Crippen molar-refractivity contribution in [2.45, 2.75) is 5.41 Å². The van der Waals surface area contributed by atoms with Crippen molar-refractivity contribution in [3.63, 3.8) is 0 Å². The first-order chi connectivity index (χ1) is 29.8. The smallest absolute Gasteiger partial charge is 0.155 e. The Morgan fingerprint density at radius 2 is 1.02 bits per heavy atom. The summed E-state index contributed by atoms with van der Waals surface area (Å²) in [6, 6.07) is 73.2. The van der Waals surface area contributed by atoms with Crippen LogP contribution in [0.5, 0.6) is 23.0 Å². The molecule has 0 atom stereocenters. The minimum absolute atomic E-state index is 0.561. The molecule has 9 aromatic carbocycles. The molecule has 1 aliphatic carbocycles. The molecule has 0 unspecified atom stereocenters. The predicted molar refractivity (Wildman–Crippen MR) is 241 cm³/mol. The third-order valence-electron chi connectivity index (χ3n) is 12.5. The van der Waals surface area contributed by atoms with Gasteiger partial charge in [0.1, 0.15) is 16.9 Å². The molecule has 10 aromatic rings. The molecule has 5 heteroatoms. The zero-order chi connectivity index (χ0) is 39.4. The van der Waals surface area contributed by atoms with Crippen molar-refractivity contribution >= 4 is 56.1 Å². The van der Waals surface area contributed by atoms with Gasteiger partial charge >= 0.3 is 0 Å². The lowest BCUT2D eigenvalue weighted by molar-refractivity contribution is 0.446. The molecule has 0 saturated heterocycles. The molecule has 60 heavy (non-hydrogen) atoms. The Bertz CT molecular complexity index is 3310. The number of rotatable bonds is 5. The molecule has 5 nitrogen and oxygen atoms in total. The molecule has 3 heterocycles. The normalized spacial score (nSPS) is 13.7. The van der Waals surface area contributed by atoms with Crippen LogP contribution in [0.4, 0.5) is 34.1 Å². The molecule has 282 valence electrons. The topological polar surface area (TPSA) is 38.1 Å². The molecule has 0 saturated carbocycles. The molecule has 0 N–H and O–H groups in total. The fourth-order valence-corrected chi connectivity index (χ4v) is 10.1. The summed E-state index contributed by atoms with van der Waals surface area (Å²) in [6.45, 7) is 0. The lowest BCUT2D eigenvalue weighted by Gasteiger charge is -2.38. The van der Waals surface area contributed by atoms with Crippen LogP contribution in [0.3, 0.4) is 0 Å². The van der Waals surface area contributed by atoms with Crippen LogP contribution in [0, 0.1) is 0 Å². The summed E-state index contributed by atoms with van der Waals surface area (Å²) >= 11 is 0. The summed E-state index contributed by atoms with van der Waals surface area (Å²) in [5.41, 5.74) is 14.3. The minimum Gasteiger partial charge on any atom is -0.456 e. The zero-order valence-corrected chi connectivity index (χ0v) is 32.2. The number of hydrogen-bond donors (Lipinski definition) is 0. The molecular formula is C55H34N2O3. The maximum Gasteiger partial charge on any atom is 0.155 e. The second-order valence-electron chi connectivity index (χ2n) is 15.6. The Morgan fingerprint density at radius 3 is 1.85 bits per heavy atom. The molecule has 0 amide bonds. The van der Waals surface area contributed by atoms with Crippen molar-refractivity contribution in [3.8, 4) is 34.1 Å². The Balaban J connectivity index is 1.08. The van der Waals surface area contributed by atoms with Gasteiger partial charge in [-0.05, 0) is 100 Å². The molecule has 3 aliphatic rings. The minimum atomic E-state index is -0.561. The maximum absolute atomic E-state index is 6.84. The quantitative estimate of drug-likeness (QED) is 0.174. The van der Waals surface area contributed by atoms with Crippen molar-refractivity contribution in [3.05, 3.63) is 229 Å². The summed E-state index contributed by atoms with van der Waals surface area (Å²) < 4.78 is 19.7. The van der Waals surface area contributed by atoms with Gasteiger partial charge in [0.05, 0.1) is 33.6 Å². The Kier molecular flexibility index (Phi) is 6.87. The first-order valence-corrected chi connectivity index (χ1v) is 20.3. The van der Waals surface area contributed by atoms with Gasteiger partial charge in [0.2, 0.25) is 0 Å². The van der Waals surface area contributed by atoms with E-state index in [9.17, 15) is 0 Å². The monoisotopic (exact) mass is 770 g/mol. The standard InChI is InChI=1S/C55H34N2O3/c1-3-15-35(16-4-1)55(36-17-5-2-6-18-36)42-21-9-7-19-39(42)40-31-29-37(33-43(40)55)56(46-23-13-26-49-53(46)41-20-8-11-24-47(41)58-49)38-30-32-45-52(34-38)60-51-28-14-27-50-54(51)57(45)44-22-10-12-25-48(44)59-50/h1-34H. The van der Waals surface area contributed by atoms with Crippen LogP contribution < -0.4 is 19.3 Å². The first-order valence-electron chi connectivity index (χ1n) is 20.3. The first kappa shape index (κ1) is 33.0. The number of anilines is 6. The summed E-state index contributed by atoms with van der Waals surface area (Å²) in [7, 11) is 0. The highest BCUT2D eigenvalue weighted by molar-refractivity contribution is 6.13. The molecule has 0 bridgehead atoms. The van der Waals surface area contributed by atoms with Gasteiger partial charge in [-0.15, -0.1) is 0 Å². The number of benzene rings is 9. The number of nitrogens with zero attached hydrogens (tertiary/aromatic N) is 2. The van der Waals surface area contributed by atoms with Crippen molar-refractivity contribution in [2.24, 2.45) is 0 Å². The lowest BCUT2D eigenvalue weighted by Crippen LogP contribution is -2.28. The summed E-state index contributed by atoms with van der Waals surface area (Å²) in [6.07, 6.45) is 0. The average Bonchev–Trinajstić information content (AvgIpc) is 3.84. The number of para-hydroxylation sites is 4. The van der Waals surface area contributed by atoms with Gasteiger partial charge in [-0.1, -0.05) is 133 Å². The van der Waals surface area contributed by atoms with E-state index >= 15 is 0 Å². The molecule has 2 aliphatic heterocycles. The van der Waals surface area contributed by atoms with Crippen LogP contribution in [-0.2, 0) is 5.41 Å². The van der Waals surface area contributed by atoms with Crippen molar-refractivity contribution in [1.82, 2.24) is 0 Å². The SMILES string of the molecule is c1ccc(C2(c3ccccc3)c3ccccc3-c3ccc(N(c4ccc5c(c4)Oc4cccc6c4N5c4ccccc4O6)c4cccc5oc6ccccc6c45)cc32)cc1. The van der Waals surface area contributed by atoms with Gasteiger partial charge in [-0.2, -0.15) is 0 Å². The van der Waals surface area contributed by atoms with Crippen LogP contribution in [0.15, 0.2) is 211 Å². The second kappa shape index (κ2) is 12.5. The van der Waals surface area contributed by atoms with Gasteiger partial charge in [0.15, 0.2) is 23.0 Å². The van der Waals surface area contributed by atoms with Gasteiger partial charge in [-0.25, -0.2) is 0 Å². The lowest BCUT2D eigenvalue weighted by atomic mass is 9.67. The molecule has 0 radical (unpaired) electrons. The van der Waals surface area contributed by atoms with E-state index in [2.05, 4.69) is 168 Å². The van der Waals surface area contributed by atoms with E-state index in [-0.39, 0.29) is 0 Å². The summed E-state index contributed by atoms with van der Waals surface area (Å²) in [5, 5.41) is 2.11. The second-order valence-corrected chi connectivity index (χ2v) is 15.6. The highest BCUT2D eigenvalue weighted by Gasteiger charge is 2.46. The number of hydrogen-bond acceptors (Lipinski definition) is 5. The van der Waals surface area contributed by atoms with E-state index in [1.807, 2.05) is 48.5 Å². The van der Waals surface area contributed by atoms with E-state index in [1.165, 1.54) is 33.4 Å². The Labute approximate surface area is 346 Å². The van der Waals surface area contributed by atoms with Crippen LogP contribution in [0.25, 0.3) is 33.1 Å². The number of ether oxygens (including phenoxy) is 2. The van der Waals surface area contributed by atoms with Crippen molar-refractivity contribution in [2.75, 3.05) is 9.80 Å². The summed E-state index contributed by atoms with van der Waals surface area (Å²) in [5.74, 6) is 3.06. The van der Waals surface area contributed by atoms with E-state index in [0.717, 1.165) is 79.1 Å². The zero-order valence-electron chi connectivity index (χ0n) is 32.2. The fourth-order valence-electron chi connectivity index (χ4n) is 10.1. The number of furan rings is 1. The van der Waals surface area contributed by atoms with Crippen molar-refractivity contribution in [1.29, 1.82) is 0 Å². The highest BCUT2D eigenvalue weighted by Crippen LogP contribution is 2.61. The largest absolute Gasteiger partial charge is 0.456 e. The third-order valence-corrected chi connectivity index (χ3v) is 12.5. The predicted octanol–water partition coefficient (Wildman–Crippen LogP) is 15.1. The van der Waals surface area contributed by atoms with Crippen molar-refractivity contribution < 1.29 is 13.9 Å². The third kappa shape index (κ3) is 4.51. The van der Waals surface area contributed by atoms with Gasteiger partial charge in [0, 0.05) is 17.1 Å². The van der Waals surface area contributed by atoms with Crippen LogP contribution in [0.2, 0.25) is 0 Å². The number of fused-ring (bicyclic) bond motifs is 10. The Hall–Kier alpha value is -8.02. The molecule has 13 rings (SSSR count). The van der Waals surface area contributed by atoms with Gasteiger partial charge < -0.3 is 18.8 Å². The Morgan fingerprint density at radius 1 is 0.417 bits per heavy atom. The maximum atomic E-state index is 6.84. The van der Waals surface area contributed by atoms with Crippen LogP contribution in [0.1, 0.15) is 22.3 Å². The molecule has 0 fully saturated rings. The van der Waals surface area contributed by atoms with Gasteiger partial charge in [0.25, 0.3) is 0 Å². The molecular weight excluding hydrogens is 737 g/mol. The van der Waals surface area contributed by atoms with E-state index < -0.39 is 5.41 Å². The van der Waals surface area contributed by atoms with E-state index in [1.54, 1.807) is 0 Å². The van der Waals surface area contributed by atoms with E-state index in [0.29, 0.717) is 0 Å². The van der Waals surface area contributed by atoms with Gasteiger partial charge in [-0.3, -0.25) is 4.90 Å². The highest BCUT2D eigenvalue weighted by atomic mass is 16.5. The van der Waals surface area contributed by atoms with Crippen LogP contribution >= 0.6 is 0 Å². The molecule has 1 aromatic heterocycles. The average molecular weight is 771 g/mol. The fraction of sp³-hybridized carbons (Fsp3) is 0.0182. The van der Waals surface area contributed by atoms with Crippen LogP contribution in [-0.4, -0.2) is 0 Å². The summed E-state index contributed by atoms with van der Waals surface area (Å²) in [4.78, 5) is 4.64. The molecule has 0 spiro atoms.